The maximum absolute atomic E-state index is 13.4. The van der Waals surface area contributed by atoms with Crippen LogP contribution in [0, 0.1) is 0 Å². The second-order valence-electron chi connectivity index (χ2n) is 7.19. The number of benzene rings is 3. The van der Waals surface area contributed by atoms with Crippen molar-refractivity contribution in [1.29, 1.82) is 0 Å². The van der Waals surface area contributed by atoms with Gasteiger partial charge in [0.25, 0.3) is 15.9 Å². The molecule has 0 saturated heterocycles. The number of aromatic nitrogens is 2. The number of fused-ring (bicyclic) bond motifs is 1. The molecule has 0 fully saturated rings. The molecule has 8 nitrogen and oxygen atoms in total. The van der Waals surface area contributed by atoms with Crippen LogP contribution in [0.3, 0.4) is 0 Å². The molecule has 166 valence electrons. The van der Waals surface area contributed by atoms with Crippen molar-refractivity contribution < 1.29 is 17.9 Å². The van der Waals surface area contributed by atoms with E-state index in [4.69, 9.17) is 4.74 Å². The first-order valence-electron chi connectivity index (χ1n) is 10.1. The van der Waals surface area contributed by atoms with E-state index in [1.165, 1.54) is 27.8 Å². The third-order valence-electron chi connectivity index (χ3n) is 5.03. The van der Waals surface area contributed by atoms with E-state index in [1.807, 2.05) is 30.3 Å². The van der Waals surface area contributed by atoms with Gasteiger partial charge in [-0.1, -0.05) is 72.0 Å². The van der Waals surface area contributed by atoms with Gasteiger partial charge in [-0.3, -0.25) is 14.4 Å². The van der Waals surface area contributed by atoms with Gasteiger partial charge in [-0.15, -0.1) is 10.2 Å². The molecule has 1 aliphatic rings. The molecular weight excluding hydrogens is 460 g/mol. The molecule has 5 rings (SSSR count). The van der Waals surface area contributed by atoms with E-state index >= 15 is 0 Å². The molecule has 3 aromatic carbocycles. The minimum absolute atomic E-state index is 0.137. The van der Waals surface area contributed by atoms with E-state index in [1.54, 1.807) is 42.5 Å². The number of rotatable bonds is 5. The Bertz CT molecular complexity index is 1390. The minimum atomic E-state index is -3.90. The molecule has 33 heavy (non-hydrogen) atoms. The van der Waals surface area contributed by atoms with Crippen molar-refractivity contribution >= 4 is 38.1 Å². The Morgan fingerprint density at radius 3 is 2.36 bits per heavy atom. The van der Waals surface area contributed by atoms with Gasteiger partial charge in [-0.05, 0) is 24.3 Å². The molecule has 0 saturated carbocycles. The van der Waals surface area contributed by atoms with Gasteiger partial charge in [0.1, 0.15) is 10.8 Å². The lowest BCUT2D eigenvalue weighted by atomic mass is 10.2. The predicted octanol–water partition coefficient (Wildman–Crippen LogP) is 3.80. The van der Waals surface area contributed by atoms with Crippen molar-refractivity contribution in [2.75, 3.05) is 16.2 Å². The Kier molecular flexibility index (Phi) is 5.53. The first kappa shape index (κ1) is 21.1. The Labute approximate surface area is 194 Å². The number of nitrogens with one attached hydrogen (secondary N) is 1. The summed E-state index contributed by atoms with van der Waals surface area (Å²) in [6, 6.07) is 24.3. The van der Waals surface area contributed by atoms with Crippen LogP contribution in [0.2, 0.25) is 0 Å². The van der Waals surface area contributed by atoms with Crippen LogP contribution in [0.1, 0.15) is 0 Å². The number of anilines is 2. The van der Waals surface area contributed by atoms with E-state index < -0.39 is 22.0 Å². The summed E-state index contributed by atoms with van der Waals surface area (Å²) in [4.78, 5) is 13.1. The van der Waals surface area contributed by atoms with Crippen molar-refractivity contribution in [3.05, 3.63) is 84.9 Å². The normalized spacial score (nSPS) is 15.4. The van der Waals surface area contributed by atoms with Crippen LogP contribution >= 0.6 is 11.3 Å². The first-order valence-corrected chi connectivity index (χ1v) is 12.3. The van der Waals surface area contributed by atoms with Gasteiger partial charge in [-0.2, -0.15) is 0 Å². The lowest BCUT2D eigenvalue weighted by molar-refractivity contribution is -0.122. The number of hydrogen-bond acceptors (Lipinski definition) is 7. The van der Waals surface area contributed by atoms with E-state index in [0.29, 0.717) is 21.6 Å². The van der Waals surface area contributed by atoms with E-state index in [-0.39, 0.29) is 11.4 Å². The monoisotopic (exact) mass is 478 g/mol. The summed E-state index contributed by atoms with van der Waals surface area (Å²) in [7, 11) is -3.90. The van der Waals surface area contributed by atoms with Gasteiger partial charge < -0.3 is 4.74 Å². The van der Waals surface area contributed by atoms with Crippen molar-refractivity contribution in [1.82, 2.24) is 10.2 Å². The average Bonchev–Trinajstić information content (AvgIpc) is 3.33. The maximum Gasteiger partial charge on any atom is 0.269 e. The molecule has 1 aliphatic heterocycles. The van der Waals surface area contributed by atoms with Gasteiger partial charge >= 0.3 is 0 Å². The molecule has 1 unspecified atom stereocenters. The first-order chi connectivity index (χ1) is 16.0. The molecule has 0 aliphatic carbocycles. The zero-order valence-electron chi connectivity index (χ0n) is 17.2. The lowest BCUT2D eigenvalue weighted by Gasteiger charge is -2.34. The van der Waals surface area contributed by atoms with Crippen molar-refractivity contribution in [3.8, 4) is 16.3 Å². The highest BCUT2D eigenvalue weighted by atomic mass is 32.2. The van der Waals surface area contributed by atoms with Crippen LogP contribution in [0.4, 0.5) is 10.8 Å². The SMILES string of the molecule is O=C(Nc1nnc(-c2ccccc2)s1)C1CN(S(=O)(=O)c2ccccc2)c2ccccc2O1. The molecule has 0 spiro atoms. The summed E-state index contributed by atoms with van der Waals surface area (Å²) in [5, 5.41) is 11.8. The van der Waals surface area contributed by atoms with Gasteiger partial charge in [0.15, 0.2) is 6.10 Å². The standard InChI is InChI=1S/C23H18N4O4S2/c28-21(24-23-26-25-22(32-23)16-9-3-1-4-10-16)20-15-27(18-13-7-8-14-19(18)31-20)33(29,30)17-11-5-2-6-12-17/h1-14,20H,15H2,(H,24,26,28). The Morgan fingerprint density at radius 2 is 1.61 bits per heavy atom. The molecular formula is C23H18N4O4S2. The van der Waals surface area contributed by atoms with Crippen LogP contribution in [-0.4, -0.2) is 37.2 Å². The minimum Gasteiger partial charge on any atom is -0.476 e. The summed E-state index contributed by atoms with van der Waals surface area (Å²) in [5.41, 5.74) is 1.27. The van der Waals surface area contributed by atoms with Crippen LogP contribution in [0.25, 0.3) is 10.6 Å². The summed E-state index contributed by atoms with van der Waals surface area (Å²) in [5.74, 6) is -0.195. The summed E-state index contributed by atoms with van der Waals surface area (Å²) in [6.45, 7) is -0.176. The zero-order valence-corrected chi connectivity index (χ0v) is 18.8. The Balaban J connectivity index is 1.41. The maximum atomic E-state index is 13.4. The van der Waals surface area contributed by atoms with Gasteiger partial charge in [0, 0.05) is 5.56 Å². The van der Waals surface area contributed by atoms with E-state index in [0.717, 1.165) is 5.56 Å². The molecule has 2 heterocycles. The van der Waals surface area contributed by atoms with Crippen LogP contribution in [0.5, 0.6) is 5.75 Å². The Morgan fingerprint density at radius 1 is 0.939 bits per heavy atom. The van der Waals surface area contributed by atoms with Crippen LogP contribution in [0.15, 0.2) is 89.8 Å². The van der Waals surface area contributed by atoms with Crippen LogP contribution in [-0.2, 0) is 14.8 Å². The number of amides is 1. The van der Waals surface area contributed by atoms with Gasteiger partial charge in [-0.25, -0.2) is 8.42 Å². The zero-order chi connectivity index (χ0) is 22.8. The highest BCUT2D eigenvalue weighted by Crippen LogP contribution is 2.37. The number of nitrogens with zero attached hydrogens (tertiary/aromatic N) is 3. The van der Waals surface area contributed by atoms with Crippen LogP contribution < -0.4 is 14.4 Å². The predicted molar refractivity (Wildman–Crippen MR) is 126 cm³/mol. The second-order valence-corrected chi connectivity index (χ2v) is 10.0. The molecule has 1 aromatic heterocycles. The van der Waals surface area contributed by atoms with E-state index in [9.17, 15) is 13.2 Å². The molecule has 0 bridgehead atoms. The number of para-hydroxylation sites is 2. The van der Waals surface area contributed by atoms with Crippen molar-refractivity contribution in [2.45, 2.75) is 11.0 Å². The third kappa shape index (κ3) is 4.18. The molecule has 10 heteroatoms. The Hall–Kier alpha value is -3.76. The van der Waals surface area contributed by atoms with Gasteiger partial charge in [0.2, 0.25) is 5.13 Å². The summed E-state index contributed by atoms with van der Waals surface area (Å²) in [6.07, 6.45) is -1.07. The highest BCUT2D eigenvalue weighted by molar-refractivity contribution is 7.92. The van der Waals surface area contributed by atoms with Crippen molar-refractivity contribution in [3.63, 3.8) is 0 Å². The number of carbonyl (C=O) groups excluding carboxylic acids is 1. The second kappa shape index (κ2) is 8.64. The largest absolute Gasteiger partial charge is 0.476 e. The fourth-order valence-corrected chi connectivity index (χ4v) is 5.69. The number of carbonyl (C=O) groups is 1. The average molecular weight is 479 g/mol. The number of hydrogen-bond donors (Lipinski definition) is 1. The number of ether oxygens (including phenoxy) is 1. The fourth-order valence-electron chi connectivity index (χ4n) is 3.44. The summed E-state index contributed by atoms with van der Waals surface area (Å²) < 4.78 is 33.8. The van der Waals surface area contributed by atoms with E-state index in [2.05, 4.69) is 15.5 Å². The molecule has 0 radical (unpaired) electrons. The highest BCUT2D eigenvalue weighted by Gasteiger charge is 2.37. The molecule has 4 aromatic rings. The summed E-state index contributed by atoms with van der Waals surface area (Å²) >= 11 is 1.23. The molecule has 1 atom stereocenters. The molecule has 1 N–H and O–H groups in total. The topological polar surface area (TPSA) is 101 Å². The smallest absolute Gasteiger partial charge is 0.269 e. The quantitative estimate of drug-likeness (QED) is 0.468. The number of sulfonamides is 1. The van der Waals surface area contributed by atoms with Gasteiger partial charge in [0.05, 0.1) is 17.1 Å². The van der Waals surface area contributed by atoms with Crippen molar-refractivity contribution in [2.24, 2.45) is 0 Å². The lowest BCUT2D eigenvalue weighted by Crippen LogP contribution is -2.48. The molecule has 1 amide bonds. The fraction of sp³-hybridized carbons (Fsp3) is 0.0870. The third-order valence-corrected chi connectivity index (χ3v) is 7.72.